The number of rotatable bonds is 1. The summed E-state index contributed by atoms with van der Waals surface area (Å²) >= 11 is 0. The Morgan fingerprint density at radius 1 is 1.40 bits per heavy atom. The Hall–Kier alpha value is -0.820. The van der Waals surface area contributed by atoms with Gasteiger partial charge in [-0.15, -0.1) is 0 Å². The number of hydrogen-bond acceptors (Lipinski definition) is 1. The fourth-order valence-corrected chi connectivity index (χ4v) is 0.904. The first-order valence-corrected chi connectivity index (χ1v) is 3.51. The Bertz CT molecular complexity index is 185. The van der Waals surface area contributed by atoms with Crippen LogP contribution in [0.1, 0.15) is 13.3 Å². The summed E-state index contributed by atoms with van der Waals surface area (Å²) in [4.78, 5) is 0. The minimum atomic E-state index is -0.313. The number of hydrogen-bond donors (Lipinski definition) is 1. The molecule has 0 saturated carbocycles. The van der Waals surface area contributed by atoms with E-state index in [9.17, 15) is 0 Å². The summed E-state index contributed by atoms with van der Waals surface area (Å²) in [6, 6.07) is 0. The maximum absolute atomic E-state index is 9.17. The van der Waals surface area contributed by atoms with Crippen molar-refractivity contribution in [2.24, 2.45) is 0 Å². The van der Waals surface area contributed by atoms with Crippen LogP contribution in [0.15, 0.2) is 36.0 Å². The monoisotopic (exact) mass is 136 g/mol. The van der Waals surface area contributed by atoms with Gasteiger partial charge >= 0.3 is 0 Å². The Kier molecular flexibility index (Phi) is 2.46. The third-order valence-electron chi connectivity index (χ3n) is 1.56. The van der Waals surface area contributed by atoms with E-state index in [4.69, 9.17) is 5.11 Å². The van der Waals surface area contributed by atoms with Crippen LogP contribution in [0.5, 0.6) is 0 Å². The van der Waals surface area contributed by atoms with E-state index < -0.39 is 0 Å². The minimum Gasteiger partial charge on any atom is -0.389 e. The van der Waals surface area contributed by atoms with Crippen LogP contribution >= 0.6 is 0 Å². The Balaban J connectivity index is 2.68. The quantitative estimate of drug-likeness (QED) is 0.583. The third-order valence-corrected chi connectivity index (χ3v) is 1.56. The molecule has 0 aromatic rings. The molecule has 0 aromatic heterocycles. The smallest absolute Gasteiger partial charge is 0.0728 e. The molecule has 0 spiro atoms. The highest BCUT2D eigenvalue weighted by Gasteiger charge is 2.01. The van der Waals surface area contributed by atoms with Crippen molar-refractivity contribution in [3.8, 4) is 0 Å². The molecule has 0 fully saturated rings. The molecule has 1 aliphatic carbocycles. The molecule has 0 saturated heterocycles. The molecule has 1 atom stereocenters. The van der Waals surface area contributed by atoms with Gasteiger partial charge in [0.15, 0.2) is 0 Å². The molecule has 10 heavy (non-hydrogen) atoms. The number of allylic oxidation sites excluding steroid dienone is 5. The maximum Gasteiger partial charge on any atom is 0.0728 e. The summed E-state index contributed by atoms with van der Waals surface area (Å²) in [6.45, 7) is 1.79. The summed E-state index contributed by atoms with van der Waals surface area (Å²) in [5, 5.41) is 9.17. The van der Waals surface area contributed by atoms with E-state index in [1.165, 1.54) is 0 Å². The predicted molar refractivity (Wildman–Crippen MR) is 42.7 cm³/mol. The fraction of sp³-hybridized carbons (Fsp3) is 0.333. The van der Waals surface area contributed by atoms with Crippen LogP contribution in [-0.2, 0) is 0 Å². The minimum absolute atomic E-state index is 0.313. The SMILES string of the molecule is CC(O)C1=CC=CC=CC1. The first kappa shape index (κ1) is 7.29. The van der Waals surface area contributed by atoms with Crippen molar-refractivity contribution in [2.75, 3.05) is 0 Å². The zero-order valence-electron chi connectivity index (χ0n) is 6.12. The van der Waals surface area contributed by atoms with E-state index in [0.717, 1.165) is 12.0 Å². The van der Waals surface area contributed by atoms with E-state index in [0.29, 0.717) is 0 Å². The van der Waals surface area contributed by atoms with Crippen LogP contribution in [0, 0.1) is 0 Å². The molecule has 0 heterocycles. The first-order valence-electron chi connectivity index (χ1n) is 3.51. The van der Waals surface area contributed by atoms with Crippen LogP contribution in [0.2, 0.25) is 0 Å². The largest absolute Gasteiger partial charge is 0.389 e. The molecular formula is C9H12O. The van der Waals surface area contributed by atoms with Gasteiger partial charge in [-0.25, -0.2) is 0 Å². The van der Waals surface area contributed by atoms with E-state index >= 15 is 0 Å². The number of aliphatic hydroxyl groups is 1. The molecule has 0 aliphatic heterocycles. The van der Waals surface area contributed by atoms with Crippen molar-refractivity contribution in [3.63, 3.8) is 0 Å². The van der Waals surface area contributed by atoms with Gasteiger partial charge in [-0.3, -0.25) is 0 Å². The molecule has 1 N–H and O–H groups in total. The van der Waals surface area contributed by atoms with Crippen LogP contribution < -0.4 is 0 Å². The second kappa shape index (κ2) is 3.37. The highest BCUT2D eigenvalue weighted by Crippen LogP contribution is 2.10. The van der Waals surface area contributed by atoms with Gasteiger partial charge in [0.05, 0.1) is 6.10 Å². The molecule has 0 radical (unpaired) electrons. The van der Waals surface area contributed by atoms with Crippen LogP contribution in [0.4, 0.5) is 0 Å². The average molecular weight is 136 g/mol. The molecule has 0 aromatic carbocycles. The second-order valence-electron chi connectivity index (χ2n) is 2.43. The van der Waals surface area contributed by atoms with Gasteiger partial charge in [0.1, 0.15) is 0 Å². The van der Waals surface area contributed by atoms with E-state index in [2.05, 4.69) is 0 Å². The lowest BCUT2D eigenvalue weighted by Gasteiger charge is -2.05. The molecular weight excluding hydrogens is 124 g/mol. The van der Waals surface area contributed by atoms with Crippen LogP contribution in [0.3, 0.4) is 0 Å². The fourth-order valence-electron chi connectivity index (χ4n) is 0.904. The molecule has 1 rings (SSSR count). The molecule has 0 amide bonds. The summed E-state index contributed by atoms with van der Waals surface area (Å²) in [5.74, 6) is 0. The van der Waals surface area contributed by atoms with Gasteiger partial charge < -0.3 is 5.11 Å². The Morgan fingerprint density at radius 2 is 2.20 bits per heavy atom. The van der Waals surface area contributed by atoms with Crippen molar-refractivity contribution in [2.45, 2.75) is 19.4 Å². The summed E-state index contributed by atoms with van der Waals surface area (Å²) in [5.41, 5.74) is 1.07. The van der Waals surface area contributed by atoms with E-state index in [1.807, 2.05) is 30.4 Å². The van der Waals surface area contributed by atoms with Gasteiger partial charge in [0, 0.05) is 0 Å². The van der Waals surface area contributed by atoms with Crippen LogP contribution in [0.25, 0.3) is 0 Å². The van der Waals surface area contributed by atoms with Crippen molar-refractivity contribution in [1.29, 1.82) is 0 Å². The molecule has 1 heteroatoms. The van der Waals surface area contributed by atoms with Crippen molar-refractivity contribution >= 4 is 0 Å². The zero-order chi connectivity index (χ0) is 7.40. The van der Waals surface area contributed by atoms with Crippen molar-refractivity contribution in [3.05, 3.63) is 36.0 Å². The first-order chi connectivity index (χ1) is 4.80. The third kappa shape index (κ3) is 1.85. The van der Waals surface area contributed by atoms with Gasteiger partial charge in [0.25, 0.3) is 0 Å². The maximum atomic E-state index is 9.17. The van der Waals surface area contributed by atoms with E-state index in [-0.39, 0.29) is 6.10 Å². The zero-order valence-corrected chi connectivity index (χ0v) is 6.12. The Labute approximate surface area is 61.4 Å². The predicted octanol–water partition coefficient (Wildman–Crippen LogP) is 1.81. The summed E-state index contributed by atoms with van der Waals surface area (Å²) in [7, 11) is 0. The van der Waals surface area contributed by atoms with E-state index in [1.54, 1.807) is 6.92 Å². The standard InChI is InChI=1S/C9H12O/c1-8(10)9-6-4-2-3-5-7-9/h2-6,8,10H,7H2,1H3. The molecule has 54 valence electrons. The van der Waals surface area contributed by atoms with Crippen molar-refractivity contribution < 1.29 is 5.11 Å². The Morgan fingerprint density at radius 3 is 2.90 bits per heavy atom. The molecule has 0 bridgehead atoms. The molecule has 1 aliphatic rings. The highest BCUT2D eigenvalue weighted by atomic mass is 16.3. The lowest BCUT2D eigenvalue weighted by atomic mass is 10.1. The molecule has 1 nitrogen and oxygen atoms in total. The van der Waals surface area contributed by atoms with Gasteiger partial charge in [-0.05, 0) is 18.9 Å². The summed E-state index contributed by atoms with van der Waals surface area (Å²) in [6.07, 6.45) is 10.5. The average Bonchev–Trinajstić information content (AvgIpc) is 2.12. The second-order valence-corrected chi connectivity index (χ2v) is 2.43. The van der Waals surface area contributed by atoms with Crippen LogP contribution in [-0.4, -0.2) is 11.2 Å². The highest BCUT2D eigenvalue weighted by molar-refractivity contribution is 5.24. The van der Waals surface area contributed by atoms with Gasteiger partial charge in [-0.2, -0.15) is 0 Å². The van der Waals surface area contributed by atoms with Gasteiger partial charge in [-0.1, -0.05) is 30.4 Å². The lowest BCUT2D eigenvalue weighted by Crippen LogP contribution is -2.02. The lowest BCUT2D eigenvalue weighted by molar-refractivity contribution is 0.229. The normalized spacial score (nSPS) is 20.0. The summed E-state index contributed by atoms with van der Waals surface area (Å²) < 4.78 is 0. The topological polar surface area (TPSA) is 20.2 Å². The van der Waals surface area contributed by atoms with Crippen molar-refractivity contribution in [1.82, 2.24) is 0 Å². The van der Waals surface area contributed by atoms with Gasteiger partial charge in [0.2, 0.25) is 0 Å². The molecule has 1 unspecified atom stereocenters. The number of aliphatic hydroxyl groups excluding tert-OH is 1.